The van der Waals surface area contributed by atoms with Gasteiger partial charge in [0.05, 0.1) is 17.8 Å². The van der Waals surface area contributed by atoms with Crippen LogP contribution in [0.3, 0.4) is 0 Å². The first kappa shape index (κ1) is 40.3. The van der Waals surface area contributed by atoms with Gasteiger partial charge in [0.1, 0.15) is 38.7 Å². The quantitative estimate of drug-likeness (QED) is 0.0949. The van der Waals surface area contributed by atoms with Crippen molar-refractivity contribution in [1.29, 1.82) is 0 Å². The van der Waals surface area contributed by atoms with Crippen LogP contribution in [0.4, 0.5) is 0 Å². The molecule has 3 saturated carbocycles. The number of hydrogen-bond donors (Lipinski definition) is 0. The summed E-state index contributed by atoms with van der Waals surface area (Å²) < 4.78 is 56.1. The lowest BCUT2D eigenvalue weighted by molar-refractivity contribution is -0.339. The Hall–Kier alpha value is -1.92. The molecule has 0 aromatic heterocycles. The van der Waals surface area contributed by atoms with Crippen LogP contribution in [-0.4, -0.2) is 89.7 Å². The highest BCUT2D eigenvalue weighted by Gasteiger charge is 2.67. The summed E-state index contributed by atoms with van der Waals surface area (Å²) >= 11 is 0. The Bertz CT molecular complexity index is 1560. The average Bonchev–Trinajstić information content (AvgIpc) is 3.49. The van der Waals surface area contributed by atoms with Crippen molar-refractivity contribution in [2.24, 2.45) is 28.6 Å². The van der Waals surface area contributed by atoms with Crippen LogP contribution in [0.1, 0.15) is 98.5 Å². The van der Waals surface area contributed by atoms with E-state index < -0.39 is 18.5 Å². The highest BCUT2D eigenvalue weighted by atomic mass is 16.8. The van der Waals surface area contributed by atoms with Gasteiger partial charge in [-0.05, 0) is 130 Å². The Kier molecular flexibility index (Phi) is 12.9. The second-order valence-corrected chi connectivity index (χ2v) is 16.8. The fourth-order valence-corrected chi connectivity index (χ4v) is 11.6. The van der Waals surface area contributed by atoms with Crippen LogP contribution in [0.25, 0.3) is 16.3 Å². The van der Waals surface area contributed by atoms with Crippen molar-refractivity contribution in [2.75, 3.05) is 47.3 Å². The van der Waals surface area contributed by atoms with Gasteiger partial charge in [-0.15, -0.1) is 0 Å². The minimum Gasteiger partial charge on any atom is -0.376 e. The van der Waals surface area contributed by atoms with Gasteiger partial charge in [0.25, 0.3) is 0 Å². The van der Waals surface area contributed by atoms with Crippen LogP contribution in [0.5, 0.6) is 0 Å². The molecule has 0 amide bonds. The number of rotatable bonds is 16. The zero-order chi connectivity index (χ0) is 37.9. The molecule has 0 unspecified atom stereocenters. The van der Waals surface area contributed by atoms with E-state index in [9.17, 15) is 0 Å². The predicted molar refractivity (Wildman–Crippen MR) is 209 cm³/mol. The summed E-state index contributed by atoms with van der Waals surface area (Å²) in [6, 6.07) is 15.7. The minimum absolute atomic E-state index is 0.0677. The molecule has 12 atom stereocenters. The molecule has 2 aromatic carbocycles. The van der Waals surface area contributed by atoms with Crippen molar-refractivity contribution >= 4 is 16.3 Å². The predicted octanol–water partition coefficient (Wildman–Crippen LogP) is 8.91. The second kappa shape index (κ2) is 17.3. The lowest BCUT2D eigenvalue weighted by Gasteiger charge is -2.64. The van der Waals surface area contributed by atoms with E-state index in [2.05, 4.69) is 69.3 Å². The molecule has 1 saturated heterocycles. The maximum absolute atomic E-state index is 7.15. The van der Waals surface area contributed by atoms with Gasteiger partial charge >= 0.3 is 0 Å². The molecule has 0 bridgehead atoms. The van der Waals surface area contributed by atoms with Gasteiger partial charge in [0.15, 0.2) is 6.29 Å². The summed E-state index contributed by atoms with van der Waals surface area (Å²) in [6.45, 7) is 15.5. The third kappa shape index (κ3) is 7.35. The van der Waals surface area contributed by atoms with Crippen molar-refractivity contribution < 1.29 is 42.6 Å². The molecule has 2 aromatic rings. The van der Waals surface area contributed by atoms with Gasteiger partial charge in [-0.25, -0.2) is 0 Å². The molecule has 4 fully saturated rings. The van der Waals surface area contributed by atoms with Crippen LogP contribution < -0.4 is 0 Å². The Morgan fingerprint density at radius 3 is 2.22 bits per heavy atom. The summed E-state index contributed by atoms with van der Waals surface area (Å²) in [5.41, 5.74) is 2.61. The Morgan fingerprint density at radius 1 is 0.759 bits per heavy atom. The fourth-order valence-electron chi connectivity index (χ4n) is 11.6. The molecule has 0 radical (unpaired) electrons. The highest BCUT2D eigenvalue weighted by molar-refractivity contribution is 5.87. The lowest BCUT2D eigenvalue weighted by Crippen LogP contribution is -2.63. The molecule has 0 spiro atoms. The highest BCUT2D eigenvalue weighted by Crippen LogP contribution is 2.70. The van der Waals surface area contributed by atoms with E-state index in [0.29, 0.717) is 44.4 Å². The maximum atomic E-state index is 7.15. The summed E-state index contributed by atoms with van der Waals surface area (Å²) in [5.74, 6) is 1.59. The second-order valence-electron chi connectivity index (χ2n) is 16.8. The first-order valence-corrected chi connectivity index (χ1v) is 20.9. The minimum atomic E-state index is -0.591. The molecule has 54 heavy (non-hydrogen) atoms. The van der Waals surface area contributed by atoms with Crippen molar-refractivity contribution in [3.05, 3.63) is 54.1 Å². The van der Waals surface area contributed by atoms with E-state index in [1.807, 2.05) is 20.8 Å². The number of hydrogen-bond acceptors (Lipinski definition) is 9. The van der Waals surface area contributed by atoms with E-state index in [0.717, 1.165) is 38.5 Å². The van der Waals surface area contributed by atoms with Gasteiger partial charge in [0.2, 0.25) is 0 Å². The Balaban J connectivity index is 1.08. The third-order valence-electron chi connectivity index (χ3n) is 14.4. The number of methoxy groups -OCH3 is 1. The van der Waals surface area contributed by atoms with Crippen LogP contribution in [0.2, 0.25) is 0 Å². The van der Waals surface area contributed by atoms with Crippen molar-refractivity contribution in [1.82, 2.24) is 0 Å². The molecule has 1 heterocycles. The van der Waals surface area contributed by atoms with E-state index in [-0.39, 0.29) is 48.3 Å². The Labute approximate surface area is 323 Å². The molecular weight excluding hydrogens is 684 g/mol. The lowest BCUT2D eigenvalue weighted by atomic mass is 9.43. The summed E-state index contributed by atoms with van der Waals surface area (Å²) in [6.07, 6.45) is 9.16. The van der Waals surface area contributed by atoms with Crippen LogP contribution in [0.15, 0.2) is 48.5 Å². The zero-order valence-corrected chi connectivity index (χ0v) is 33.9. The van der Waals surface area contributed by atoms with Crippen molar-refractivity contribution in [2.45, 2.75) is 135 Å². The van der Waals surface area contributed by atoms with Gasteiger partial charge in [0, 0.05) is 32.3 Å². The largest absolute Gasteiger partial charge is 0.376 e. The van der Waals surface area contributed by atoms with E-state index >= 15 is 0 Å². The van der Waals surface area contributed by atoms with Crippen molar-refractivity contribution in [3.63, 3.8) is 0 Å². The standard InChI is InChI=1S/C45H66O9/c1-8-47-27-50-39-30(4)53-42(41(40(39)46-7)51-28-48-9-2)54-35-19-22-43(5)34(26-35)17-18-38-37(43)20-23-44(6)36(21-24-45(38,44)52-29-49-10-3)33-16-15-31-13-11-12-14-32(31)25-33/h11-16,21,25,30,34-35,37-42H,8-10,17-20,22-24,26-29H2,1-7H3/t30-,34+,35-,37-,38+,39-,40+,41-,42-,43-,44+,45-/m0/s1. The topological polar surface area (TPSA) is 83.1 Å². The first-order chi connectivity index (χ1) is 26.2. The molecule has 9 heteroatoms. The average molecular weight is 751 g/mol. The summed E-state index contributed by atoms with van der Waals surface area (Å²) in [4.78, 5) is 0. The summed E-state index contributed by atoms with van der Waals surface area (Å²) in [7, 11) is 1.70. The normalized spacial score (nSPS) is 39.2. The monoisotopic (exact) mass is 750 g/mol. The molecule has 7 rings (SSSR count). The van der Waals surface area contributed by atoms with Crippen molar-refractivity contribution in [3.8, 4) is 0 Å². The van der Waals surface area contributed by atoms with E-state index in [1.54, 1.807) is 7.11 Å². The van der Waals surface area contributed by atoms with Crippen LogP contribution >= 0.6 is 0 Å². The van der Waals surface area contributed by atoms with Gasteiger partial charge < -0.3 is 42.6 Å². The van der Waals surface area contributed by atoms with Gasteiger partial charge in [-0.1, -0.05) is 56.3 Å². The van der Waals surface area contributed by atoms with Crippen LogP contribution in [0, 0.1) is 28.6 Å². The molecule has 0 N–H and O–H groups in total. The molecule has 300 valence electrons. The number of fused-ring (bicyclic) bond motifs is 6. The number of ether oxygens (including phenoxy) is 9. The van der Waals surface area contributed by atoms with E-state index in [1.165, 1.54) is 34.8 Å². The maximum Gasteiger partial charge on any atom is 0.187 e. The SMILES string of the molecule is CCOCO[C@@H]1[C@H](O[C@H]2CC[C@@]3(C)[C@H](CC[C@@H]4[C@@H]3CC[C@]3(C)C(c5ccc6ccccc6c5)=CC[C@]43OCOCC)C2)O[C@@H](C)[C@H](OCOCC)[C@H]1OC. The smallest absolute Gasteiger partial charge is 0.187 e. The first-order valence-electron chi connectivity index (χ1n) is 20.9. The molecule has 9 nitrogen and oxygen atoms in total. The summed E-state index contributed by atoms with van der Waals surface area (Å²) in [5, 5.41) is 2.58. The molecular formula is C45H66O9. The molecule has 5 aliphatic rings. The van der Waals surface area contributed by atoms with Gasteiger partial charge in [-0.2, -0.15) is 0 Å². The van der Waals surface area contributed by atoms with E-state index in [4.69, 9.17) is 42.6 Å². The Morgan fingerprint density at radius 2 is 1.48 bits per heavy atom. The number of benzene rings is 2. The molecule has 1 aliphatic heterocycles. The zero-order valence-electron chi connectivity index (χ0n) is 33.9. The fraction of sp³-hybridized carbons (Fsp3) is 0.733. The third-order valence-corrected chi connectivity index (χ3v) is 14.4. The van der Waals surface area contributed by atoms with Crippen LogP contribution in [-0.2, 0) is 42.6 Å². The van der Waals surface area contributed by atoms with Gasteiger partial charge in [-0.3, -0.25) is 0 Å². The molecule has 4 aliphatic carbocycles.